The van der Waals surface area contributed by atoms with Gasteiger partial charge < -0.3 is 15.7 Å². The first-order chi connectivity index (χ1) is 17.8. The van der Waals surface area contributed by atoms with E-state index in [1.54, 1.807) is 16.0 Å². The van der Waals surface area contributed by atoms with Gasteiger partial charge in [0.25, 0.3) is 0 Å². The number of benzene rings is 2. The third-order valence-electron chi connectivity index (χ3n) is 7.60. The first kappa shape index (κ1) is 28.9. The molecule has 202 valence electrons. The molecule has 2 atom stereocenters. The Hall–Kier alpha value is -2.66. The molecule has 5 heteroatoms. The van der Waals surface area contributed by atoms with Gasteiger partial charge in [0.2, 0.25) is 11.8 Å². The summed E-state index contributed by atoms with van der Waals surface area (Å²) in [6.07, 6.45) is 9.24. The van der Waals surface area contributed by atoms with Crippen molar-refractivity contribution in [2.24, 2.45) is 23.5 Å². The SMILES string of the molecule is CC(C)CN(CC(O)C[C@@H](Cc1ccccc1)C(N)=O)C(=O)CC1CCCC1.c1ccc2c(c1)CCC2. The van der Waals surface area contributed by atoms with Crippen LogP contribution in [0.15, 0.2) is 54.6 Å². The molecule has 0 spiro atoms. The van der Waals surface area contributed by atoms with Gasteiger partial charge in [-0.05, 0) is 73.5 Å². The average Bonchev–Trinajstić information content (AvgIpc) is 3.56. The summed E-state index contributed by atoms with van der Waals surface area (Å²) in [5, 5.41) is 10.6. The standard InChI is InChI=1S/C23H36N2O3.C9H10/c1-17(2)15-25(22(27)13-19-10-6-7-11-19)16-21(26)14-20(23(24)28)12-18-8-4-3-5-9-18;1-2-5-9-7-3-6-8(9)4-1/h3-5,8-9,17,19-21,26H,6-7,10-16H2,1-2H3,(H2,24,28);1-2,4-5H,3,6-7H2/t20-,21?;/m1./s1. The normalized spacial score (nSPS) is 16.5. The van der Waals surface area contributed by atoms with Crippen LogP contribution in [-0.2, 0) is 28.9 Å². The van der Waals surface area contributed by atoms with Gasteiger partial charge in [-0.1, -0.05) is 81.3 Å². The van der Waals surface area contributed by atoms with Crippen LogP contribution in [0.3, 0.4) is 0 Å². The second kappa shape index (κ2) is 14.9. The van der Waals surface area contributed by atoms with E-state index in [2.05, 4.69) is 38.1 Å². The van der Waals surface area contributed by atoms with Gasteiger partial charge in [-0.3, -0.25) is 9.59 Å². The highest BCUT2D eigenvalue weighted by Gasteiger charge is 2.26. The number of aliphatic hydroxyl groups is 1. The number of carbonyl (C=O) groups excluding carboxylic acids is 2. The summed E-state index contributed by atoms with van der Waals surface area (Å²) >= 11 is 0. The third kappa shape index (κ3) is 9.96. The molecule has 1 fully saturated rings. The van der Waals surface area contributed by atoms with Crippen LogP contribution in [0.25, 0.3) is 0 Å². The fourth-order valence-electron chi connectivity index (χ4n) is 5.68. The summed E-state index contributed by atoms with van der Waals surface area (Å²) in [6, 6.07) is 18.4. The number of carbonyl (C=O) groups is 2. The van der Waals surface area contributed by atoms with Crippen LogP contribution in [0.5, 0.6) is 0 Å². The first-order valence-corrected chi connectivity index (χ1v) is 14.2. The monoisotopic (exact) mass is 506 g/mol. The van der Waals surface area contributed by atoms with Crippen LogP contribution in [0.4, 0.5) is 0 Å². The van der Waals surface area contributed by atoms with Crippen molar-refractivity contribution in [3.8, 4) is 0 Å². The van der Waals surface area contributed by atoms with E-state index in [-0.39, 0.29) is 18.9 Å². The number of fused-ring (bicyclic) bond motifs is 1. The van der Waals surface area contributed by atoms with Gasteiger partial charge in [0, 0.05) is 25.4 Å². The number of hydrogen-bond donors (Lipinski definition) is 2. The number of primary amides is 1. The second-order valence-electron chi connectivity index (χ2n) is 11.3. The van der Waals surface area contributed by atoms with Crippen molar-refractivity contribution in [1.82, 2.24) is 4.90 Å². The lowest BCUT2D eigenvalue weighted by molar-refractivity contribution is -0.134. The van der Waals surface area contributed by atoms with Crippen LogP contribution >= 0.6 is 0 Å². The Bertz CT molecular complexity index is 946. The molecule has 2 aromatic rings. The van der Waals surface area contributed by atoms with Crippen LogP contribution in [0.1, 0.15) is 75.5 Å². The van der Waals surface area contributed by atoms with Gasteiger partial charge in [0.15, 0.2) is 0 Å². The predicted molar refractivity (Wildman–Crippen MR) is 150 cm³/mol. The van der Waals surface area contributed by atoms with Gasteiger partial charge in [0.1, 0.15) is 0 Å². The molecule has 0 heterocycles. The molecule has 0 bridgehead atoms. The van der Waals surface area contributed by atoms with E-state index in [9.17, 15) is 14.7 Å². The zero-order chi connectivity index (χ0) is 26.6. The number of nitrogens with two attached hydrogens (primary N) is 1. The van der Waals surface area contributed by atoms with Crippen molar-refractivity contribution < 1.29 is 14.7 Å². The summed E-state index contributed by atoms with van der Waals surface area (Å²) in [7, 11) is 0. The minimum atomic E-state index is -0.757. The minimum Gasteiger partial charge on any atom is -0.391 e. The average molecular weight is 507 g/mol. The molecule has 2 aliphatic carbocycles. The molecule has 37 heavy (non-hydrogen) atoms. The highest BCUT2D eigenvalue weighted by molar-refractivity contribution is 5.77. The van der Waals surface area contributed by atoms with Crippen LogP contribution in [-0.4, -0.2) is 41.0 Å². The molecule has 5 nitrogen and oxygen atoms in total. The summed E-state index contributed by atoms with van der Waals surface area (Å²) in [4.78, 5) is 26.5. The Balaban J connectivity index is 0.000000349. The van der Waals surface area contributed by atoms with Crippen LogP contribution in [0.2, 0.25) is 0 Å². The molecule has 4 rings (SSSR count). The van der Waals surface area contributed by atoms with E-state index in [0.29, 0.717) is 31.2 Å². The van der Waals surface area contributed by atoms with Crippen molar-refractivity contribution in [2.75, 3.05) is 13.1 Å². The molecule has 0 saturated heterocycles. The Kier molecular flexibility index (Phi) is 11.7. The van der Waals surface area contributed by atoms with Crippen molar-refractivity contribution in [3.63, 3.8) is 0 Å². The lowest BCUT2D eigenvalue weighted by atomic mass is 9.92. The summed E-state index contributed by atoms with van der Waals surface area (Å²) < 4.78 is 0. The smallest absolute Gasteiger partial charge is 0.222 e. The predicted octanol–water partition coefficient (Wildman–Crippen LogP) is 5.32. The van der Waals surface area contributed by atoms with Gasteiger partial charge in [-0.25, -0.2) is 0 Å². The van der Waals surface area contributed by atoms with E-state index in [1.165, 1.54) is 32.1 Å². The molecule has 0 radical (unpaired) electrons. The second-order valence-corrected chi connectivity index (χ2v) is 11.3. The Morgan fingerprint density at radius 1 is 0.919 bits per heavy atom. The fraction of sp³-hybridized carbons (Fsp3) is 0.562. The molecule has 0 aliphatic heterocycles. The van der Waals surface area contributed by atoms with Crippen molar-refractivity contribution in [2.45, 2.75) is 84.2 Å². The van der Waals surface area contributed by atoms with E-state index < -0.39 is 17.9 Å². The summed E-state index contributed by atoms with van der Waals surface area (Å²) in [5.74, 6) is 0.0869. The Morgan fingerprint density at radius 3 is 2.08 bits per heavy atom. The van der Waals surface area contributed by atoms with E-state index in [4.69, 9.17) is 5.73 Å². The van der Waals surface area contributed by atoms with Gasteiger partial charge >= 0.3 is 0 Å². The number of hydrogen-bond acceptors (Lipinski definition) is 3. The van der Waals surface area contributed by atoms with Crippen LogP contribution < -0.4 is 5.73 Å². The minimum absolute atomic E-state index is 0.123. The van der Waals surface area contributed by atoms with Crippen LogP contribution in [0, 0.1) is 17.8 Å². The Morgan fingerprint density at radius 2 is 1.51 bits per heavy atom. The highest BCUT2D eigenvalue weighted by Crippen LogP contribution is 2.28. The van der Waals surface area contributed by atoms with E-state index in [1.807, 2.05) is 30.3 Å². The molecule has 3 N–H and O–H groups in total. The molecule has 1 saturated carbocycles. The molecule has 2 aliphatic rings. The maximum Gasteiger partial charge on any atom is 0.222 e. The van der Waals surface area contributed by atoms with E-state index >= 15 is 0 Å². The molecule has 1 unspecified atom stereocenters. The van der Waals surface area contributed by atoms with Gasteiger partial charge in [-0.15, -0.1) is 0 Å². The zero-order valence-electron chi connectivity index (χ0n) is 22.8. The fourth-order valence-corrected chi connectivity index (χ4v) is 5.68. The number of aryl methyl sites for hydroxylation is 2. The maximum absolute atomic E-state index is 12.8. The largest absolute Gasteiger partial charge is 0.391 e. The van der Waals surface area contributed by atoms with Crippen molar-refractivity contribution in [3.05, 3.63) is 71.3 Å². The number of aliphatic hydroxyl groups excluding tert-OH is 1. The maximum atomic E-state index is 12.8. The van der Waals surface area contributed by atoms with Gasteiger partial charge in [0.05, 0.1) is 6.10 Å². The van der Waals surface area contributed by atoms with Crippen molar-refractivity contribution in [1.29, 1.82) is 0 Å². The topological polar surface area (TPSA) is 83.6 Å². The molecule has 2 amide bonds. The molecule has 0 aromatic heterocycles. The number of amides is 2. The summed E-state index contributed by atoms with van der Waals surface area (Å²) in [6.45, 7) is 5.04. The van der Waals surface area contributed by atoms with Crippen molar-refractivity contribution >= 4 is 11.8 Å². The summed E-state index contributed by atoms with van der Waals surface area (Å²) in [5.41, 5.74) is 9.74. The number of nitrogens with zero attached hydrogens (tertiary/aromatic N) is 1. The lowest BCUT2D eigenvalue weighted by Crippen LogP contribution is -2.42. The first-order valence-electron chi connectivity index (χ1n) is 14.2. The van der Waals surface area contributed by atoms with Gasteiger partial charge in [-0.2, -0.15) is 0 Å². The molecule has 2 aromatic carbocycles. The Labute approximate surface area is 223 Å². The quantitative estimate of drug-likeness (QED) is 0.433. The zero-order valence-corrected chi connectivity index (χ0v) is 22.8. The highest BCUT2D eigenvalue weighted by atomic mass is 16.3. The number of rotatable bonds is 11. The van der Waals surface area contributed by atoms with E-state index in [0.717, 1.165) is 18.4 Å². The molecular formula is C32H46N2O3. The third-order valence-corrected chi connectivity index (χ3v) is 7.60. The molecular weight excluding hydrogens is 460 g/mol. The lowest BCUT2D eigenvalue weighted by Gasteiger charge is -2.29.